The zero-order chi connectivity index (χ0) is 16.2. The Morgan fingerprint density at radius 1 is 1.17 bits per heavy atom. The molecule has 1 aromatic heterocycles. The standard InChI is InChI=1S/C14H26N4OP4/c1-2-3-4-5-6-10-13-23-17-21-15-20-16-22-18(23)19-14-11-8-7-9-12-14/h7-9,11-12,15,17,20-21H,2-6,10,13H2,1H3. The van der Waals surface area contributed by atoms with Gasteiger partial charge in [-0.15, -0.1) is 4.26 Å². The largest absolute Gasteiger partial charge is 0.366 e. The van der Waals surface area contributed by atoms with Crippen molar-refractivity contribution in [3.05, 3.63) is 30.3 Å². The molecule has 3 atom stereocenters. The predicted octanol–water partition coefficient (Wildman–Crippen LogP) is 6.62. The van der Waals surface area contributed by atoms with Crippen LogP contribution < -0.4 is 4.84 Å². The second-order valence-corrected chi connectivity index (χ2v) is 10.8. The number of aromatic nitrogens is 4. The van der Waals surface area contributed by atoms with Crippen LogP contribution in [0.2, 0.25) is 0 Å². The van der Waals surface area contributed by atoms with E-state index in [1.165, 1.54) is 38.5 Å². The second-order valence-electron chi connectivity index (χ2n) is 5.21. The van der Waals surface area contributed by atoms with E-state index in [2.05, 4.69) is 20.5 Å². The number of unbranched alkanes of at least 4 members (excludes halogenated alkanes) is 5. The summed E-state index contributed by atoms with van der Waals surface area (Å²) < 4.78 is 13.5. The summed E-state index contributed by atoms with van der Waals surface area (Å²) in [7, 11) is 1.36. The Hall–Kier alpha value is -0.580. The molecule has 0 aliphatic heterocycles. The number of H-pyrrole nitrogens is 2. The minimum Gasteiger partial charge on any atom is -0.366 e. The number of nitrogens with zero attached hydrogens (tertiary/aromatic N) is 2. The van der Waals surface area contributed by atoms with Gasteiger partial charge in [0.05, 0.1) is 7.85 Å². The molecule has 0 saturated heterocycles. The number of nitrogens with one attached hydrogen (secondary N) is 2. The first-order valence-corrected chi connectivity index (χ1v) is 12.3. The van der Waals surface area contributed by atoms with Crippen LogP contribution in [-0.2, 0) is 6.16 Å². The van der Waals surface area contributed by atoms with Crippen LogP contribution in [0.15, 0.2) is 30.3 Å². The average molecular weight is 390 g/mol. The Labute approximate surface area is 144 Å². The van der Waals surface area contributed by atoms with Crippen LogP contribution in [0.5, 0.6) is 5.75 Å². The molecule has 0 radical (unpaired) electrons. The van der Waals surface area contributed by atoms with Gasteiger partial charge in [0.2, 0.25) is 0 Å². The van der Waals surface area contributed by atoms with Gasteiger partial charge in [0, 0.05) is 23.2 Å². The fourth-order valence-corrected chi connectivity index (χ4v) is 7.95. The lowest BCUT2D eigenvalue weighted by atomic mass is 10.1. The highest BCUT2D eigenvalue weighted by atomic mass is 31.2. The molecule has 3 unspecified atom stereocenters. The fourth-order valence-electron chi connectivity index (χ4n) is 2.12. The maximum absolute atomic E-state index is 6.07. The van der Waals surface area contributed by atoms with Crippen molar-refractivity contribution in [3.63, 3.8) is 0 Å². The van der Waals surface area contributed by atoms with Crippen molar-refractivity contribution >= 4 is 33.4 Å². The lowest BCUT2D eigenvalue weighted by Gasteiger charge is -2.11. The molecule has 128 valence electrons. The molecule has 2 aromatic rings. The molecule has 1 aromatic carbocycles. The van der Waals surface area contributed by atoms with E-state index >= 15 is 0 Å². The second kappa shape index (κ2) is 11.9. The highest BCUT2D eigenvalue weighted by Gasteiger charge is 2.01. The number of rotatable bonds is 9. The first kappa shape index (κ1) is 18.8. The van der Waals surface area contributed by atoms with E-state index in [9.17, 15) is 0 Å². The van der Waals surface area contributed by atoms with E-state index in [1.807, 2.05) is 34.6 Å². The van der Waals surface area contributed by atoms with Gasteiger partial charge in [-0.05, 0) is 18.6 Å². The van der Waals surface area contributed by atoms with Gasteiger partial charge < -0.3 is 13.9 Å². The van der Waals surface area contributed by atoms with Crippen molar-refractivity contribution in [3.8, 4) is 5.75 Å². The molecular formula is C14H26N4OP4. The van der Waals surface area contributed by atoms with E-state index in [0.29, 0.717) is 17.0 Å². The summed E-state index contributed by atoms with van der Waals surface area (Å²) in [5, 5.41) is 0. The van der Waals surface area contributed by atoms with Crippen LogP contribution in [-0.4, -0.2) is 17.8 Å². The van der Waals surface area contributed by atoms with Crippen molar-refractivity contribution in [1.82, 2.24) is 17.8 Å². The zero-order valence-electron chi connectivity index (χ0n) is 13.5. The van der Waals surface area contributed by atoms with Crippen molar-refractivity contribution in [1.29, 1.82) is 0 Å². The number of para-hydroxylation sites is 1. The minimum absolute atomic E-state index is 0.430. The molecular weight excluding hydrogens is 364 g/mol. The minimum atomic E-state index is -0.518. The number of aromatic amines is 2. The summed E-state index contributed by atoms with van der Waals surface area (Å²) in [5.41, 5.74) is 0. The molecule has 0 spiro atoms. The van der Waals surface area contributed by atoms with Crippen molar-refractivity contribution in [2.24, 2.45) is 0 Å². The Morgan fingerprint density at radius 2 is 1.96 bits per heavy atom. The molecule has 23 heavy (non-hydrogen) atoms. The average Bonchev–Trinajstić information content (AvgIpc) is 2.56. The van der Waals surface area contributed by atoms with Crippen molar-refractivity contribution < 1.29 is 4.84 Å². The maximum Gasteiger partial charge on any atom is 0.182 e. The zero-order valence-corrected chi connectivity index (χ0v) is 17.3. The Bertz CT molecular complexity index is 604. The van der Waals surface area contributed by atoms with Crippen LogP contribution in [0.1, 0.15) is 45.4 Å². The topological polar surface area (TPSA) is 58.6 Å². The lowest BCUT2D eigenvalue weighted by molar-refractivity contribution is 0.274. The fraction of sp³-hybridized carbons (Fsp3) is 0.571. The van der Waals surface area contributed by atoms with Gasteiger partial charge in [0.15, 0.2) is 14.3 Å². The third-order valence-corrected chi connectivity index (χ3v) is 8.88. The van der Waals surface area contributed by atoms with E-state index in [-0.39, 0.29) is 0 Å². The molecule has 9 heteroatoms. The molecule has 0 aliphatic rings. The van der Waals surface area contributed by atoms with E-state index < -0.39 is 7.85 Å². The quantitative estimate of drug-likeness (QED) is 0.473. The lowest BCUT2D eigenvalue weighted by Crippen LogP contribution is -2.00. The summed E-state index contributed by atoms with van der Waals surface area (Å²) in [4.78, 5) is 6.07. The number of hydrogen-bond acceptors (Lipinski definition) is 2. The van der Waals surface area contributed by atoms with Crippen molar-refractivity contribution in [2.75, 3.05) is 0 Å². The highest BCUT2D eigenvalue weighted by Crippen LogP contribution is 2.30. The molecule has 2 N–H and O–H groups in total. The first-order valence-electron chi connectivity index (χ1n) is 8.12. The predicted molar refractivity (Wildman–Crippen MR) is 106 cm³/mol. The van der Waals surface area contributed by atoms with Gasteiger partial charge in [-0.2, -0.15) is 4.51 Å². The third kappa shape index (κ3) is 7.69. The normalized spacial score (nSPS) is 12.1. The molecule has 2 rings (SSSR count). The third-order valence-electron chi connectivity index (χ3n) is 3.33. The monoisotopic (exact) mass is 390 g/mol. The van der Waals surface area contributed by atoms with Crippen LogP contribution in [0.3, 0.4) is 0 Å². The molecule has 0 saturated carbocycles. The van der Waals surface area contributed by atoms with Gasteiger partial charge >= 0.3 is 0 Å². The maximum atomic E-state index is 6.07. The van der Waals surface area contributed by atoms with Crippen LogP contribution in [0, 0.1) is 0 Å². The summed E-state index contributed by atoms with van der Waals surface area (Å²) in [6, 6.07) is 10.0. The van der Waals surface area contributed by atoms with Crippen molar-refractivity contribution in [2.45, 2.75) is 51.6 Å². The highest BCUT2D eigenvalue weighted by molar-refractivity contribution is 7.52. The number of benzene rings is 1. The molecule has 0 amide bonds. The van der Waals surface area contributed by atoms with Crippen LogP contribution >= 0.6 is 33.4 Å². The molecule has 1 heterocycles. The van der Waals surface area contributed by atoms with Gasteiger partial charge in [-0.3, -0.25) is 0 Å². The SMILES string of the molecule is CCCCCCCCp1[nH][pH][nH][pH]npn1Oc1ccccc1. The summed E-state index contributed by atoms with van der Waals surface area (Å²) in [5.74, 6) is 0.882. The van der Waals surface area contributed by atoms with Crippen LogP contribution in [0.4, 0.5) is 0 Å². The van der Waals surface area contributed by atoms with E-state index in [1.54, 1.807) is 0 Å². The number of hydrogen-bond donors (Lipinski definition) is 2. The Morgan fingerprint density at radius 3 is 2.78 bits per heavy atom. The van der Waals surface area contributed by atoms with Crippen LogP contribution in [0.25, 0.3) is 0 Å². The molecule has 0 fully saturated rings. The van der Waals surface area contributed by atoms with Gasteiger partial charge in [-0.1, -0.05) is 57.2 Å². The van der Waals surface area contributed by atoms with Gasteiger partial charge in [0.25, 0.3) is 0 Å². The molecule has 0 aliphatic carbocycles. The van der Waals surface area contributed by atoms with Gasteiger partial charge in [-0.25, -0.2) is 0 Å². The van der Waals surface area contributed by atoms with E-state index in [4.69, 9.17) is 4.84 Å². The molecule has 0 bridgehead atoms. The first-order chi connectivity index (χ1) is 11.4. The Balaban J connectivity index is 2.01. The number of aryl methyl sites for hydroxylation is 1. The smallest absolute Gasteiger partial charge is 0.182 e. The summed E-state index contributed by atoms with van der Waals surface area (Å²) in [6.45, 7) is 2.26. The van der Waals surface area contributed by atoms with Gasteiger partial charge in [0.1, 0.15) is 0 Å². The summed E-state index contributed by atoms with van der Waals surface area (Å²) in [6.07, 6.45) is 9.09. The Kier molecular flexibility index (Phi) is 9.69. The summed E-state index contributed by atoms with van der Waals surface area (Å²) >= 11 is 0. The van der Waals surface area contributed by atoms with E-state index in [0.717, 1.165) is 20.4 Å². The molecule has 5 nitrogen and oxygen atoms in total.